The van der Waals surface area contributed by atoms with Gasteiger partial charge in [0.1, 0.15) is 0 Å². The van der Waals surface area contributed by atoms with Crippen LogP contribution in [0.1, 0.15) is 46.5 Å². The van der Waals surface area contributed by atoms with Crippen LogP contribution >= 0.6 is 15.9 Å². The third kappa shape index (κ3) is 2.81. The van der Waals surface area contributed by atoms with E-state index in [1.807, 2.05) is 0 Å². The monoisotopic (exact) mass is 446 g/mol. The maximum absolute atomic E-state index is 11.3. The van der Waals surface area contributed by atoms with Crippen LogP contribution in [-0.4, -0.2) is 49.5 Å². The second-order valence-electron chi connectivity index (χ2n) is 10.4. The molecule has 3 aliphatic carbocycles. The van der Waals surface area contributed by atoms with E-state index in [2.05, 4.69) is 49.8 Å². The molecule has 4 aliphatic rings. The van der Waals surface area contributed by atoms with Crippen molar-refractivity contribution in [2.75, 3.05) is 13.2 Å². The average molecular weight is 447 g/mol. The molecular formula is C20H35BrO4Si. The van der Waals surface area contributed by atoms with Gasteiger partial charge in [0.25, 0.3) is 0 Å². The lowest BCUT2D eigenvalue weighted by molar-refractivity contribution is -0.193. The highest BCUT2D eigenvalue weighted by Gasteiger charge is 2.69. The van der Waals surface area contributed by atoms with Crippen LogP contribution in [0.15, 0.2) is 0 Å². The number of hydrogen-bond donors (Lipinski definition) is 1. The van der Waals surface area contributed by atoms with Crippen LogP contribution in [-0.2, 0) is 13.9 Å². The van der Waals surface area contributed by atoms with Gasteiger partial charge in [-0.25, -0.2) is 0 Å². The number of hydrogen-bond acceptors (Lipinski definition) is 4. The summed E-state index contributed by atoms with van der Waals surface area (Å²) >= 11 is 3.83. The number of aliphatic hydroxyl groups excluding tert-OH is 1. The SMILES string of the molecule is CC(C)(C)[Si](C)(C)OC1CCCC2C1C(O)[C@H]1CC(Br)C3(OCCO3)[C@@H]21. The number of halogens is 1. The van der Waals surface area contributed by atoms with Crippen LogP contribution in [0.5, 0.6) is 0 Å². The van der Waals surface area contributed by atoms with Crippen molar-refractivity contribution in [3.63, 3.8) is 0 Å². The summed E-state index contributed by atoms with van der Waals surface area (Å²) in [6.07, 6.45) is 4.24. The lowest BCUT2D eigenvalue weighted by Gasteiger charge is -2.46. The van der Waals surface area contributed by atoms with Crippen molar-refractivity contribution in [1.29, 1.82) is 0 Å². The molecule has 4 nitrogen and oxygen atoms in total. The van der Waals surface area contributed by atoms with Gasteiger partial charge >= 0.3 is 0 Å². The second kappa shape index (κ2) is 6.53. The molecule has 26 heavy (non-hydrogen) atoms. The normalized spacial score (nSPS) is 45.1. The Hall–Kier alpha value is 0.537. The fraction of sp³-hybridized carbons (Fsp3) is 1.00. The van der Waals surface area contributed by atoms with Crippen LogP contribution in [0, 0.1) is 23.7 Å². The van der Waals surface area contributed by atoms with Crippen molar-refractivity contribution in [1.82, 2.24) is 0 Å². The van der Waals surface area contributed by atoms with Crippen molar-refractivity contribution in [2.24, 2.45) is 23.7 Å². The van der Waals surface area contributed by atoms with Gasteiger partial charge in [-0.2, -0.15) is 0 Å². The molecule has 6 heteroatoms. The first kappa shape index (κ1) is 19.8. The van der Waals surface area contributed by atoms with Crippen LogP contribution in [0.25, 0.3) is 0 Å². The number of rotatable bonds is 2. The molecule has 3 saturated carbocycles. The van der Waals surface area contributed by atoms with Gasteiger partial charge < -0.3 is 19.0 Å². The highest BCUT2D eigenvalue weighted by atomic mass is 79.9. The fourth-order valence-electron chi connectivity index (χ4n) is 5.93. The molecule has 0 amide bonds. The average Bonchev–Trinajstić information content (AvgIpc) is 3.19. The highest BCUT2D eigenvalue weighted by Crippen LogP contribution is 2.63. The zero-order valence-corrected chi connectivity index (χ0v) is 19.4. The molecule has 0 radical (unpaired) electrons. The predicted molar refractivity (Wildman–Crippen MR) is 108 cm³/mol. The van der Waals surface area contributed by atoms with E-state index in [0.29, 0.717) is 25.0 Å². The van der Waals surface area contributed by atoms with Gasteiger partial charge in [-0.1, -0.05) is 43.1 Å². The maximum atomic E-state index is 11.3. The molecule has 0 aromatic rings. The first-order valence-electron chi connectivity index (χ1n) is 10.4. The third-order valence-electron chi connectivity index (χ3n) is 8.08. The van der Waals surface area contributed by atoms with E-state index in [1.165, 1.54) is 6.42 Å². The number of ether oxygens (including phenoxy) is 2. The van der Waals surface area contributed by atoms with Gasteiger partial charge in [-0.05, 0) is 49.2 Å². The van der Waals surface area contributed by atoms with Gasteiger partial charge in [0.15, 0.2) is 14.1 Å². The fourth-order valence-corrected chi connectivity index (χ4v) is 8.31. The molecule has 5 unspecified atom stereocenters. The summed E-state index contributed by atoms with van der Waals surface area (Å²) in [5.74, 6) is 0.706. The zero-order valence-electron chi connectivity index (χ0n) is 16.8. The minimum atomic E-state index is -1.85. The molecule has 1 aliphatic heterocycles. The molecule has 150 valence electrons. The molecule has 1 spiro atoms. The highest BCUT2D eigenvalue weighted by molar-refractivity contribution is 9.09. The number of aliphatic hydroxyl groups is 1. The van der Waals surface area contributed by atoms with Crippen molar-refractivity contribution < 1.29 is 19.0 Å². The van der Waals surface area contributed by atoms with E-state index < -0.39 is 14.1 Å². The Balaban J connectivity index is 1.61. The largest absolute Gasteiger partial charge is 0.414 e. The smallest absolute Gasteiger partial charge is 0.192 e. The maximum Gasteiger partial charge on any atom is 0.192 e. The Morgan fingerprint density at radius 3 is 2.38 bits per heavy atom. The Morgan fingerprint density at radius 1 is 1.12 bits per heavy atom. The second-order valence-corrected chi connectivity index (χ2v) is 16.3. The summed E-state index contributed by atoms with van der Waals surface area (Å²) in [5, 5.41) is 11.5. The molecular weight excluding hydrogens is 412 g/mol. The van der Waals surface area contributed by atoms with Gasteiger partial charge in [0, 0.05) is 11.8 Å². The van der Waals surface area contributed by atoms with Gasteiger partial charge in [0.2, 0.25) is 0 Å². The van der Waals surface area contributed by atoms with E-state index in [1.54, 1.807) is 0 Å². The molecule has 0 bridgehead atoms. The summed E-state index contributed by atoms with van der Waals surface area (Å²) in [4.78, 5) is 0.185. The Morgan fingerprint density at radius 2 is 1.77 bits per heavy atom. The summed E-state index contributed by atoms with van der Waals surface area (Å²) in [5.41, 5.74) is 0. The summed E-state index contributed by atoms with van der Waals surface area (Å²) in [6, 6.07) is 0. The topological polar surface area (TPSA) is 47.9 Å². The van der Waals surface area contributed by atoms with E-state index in [4.69, 9.17) is 13.9 Å². The van der Waals surface area contributed by atoms with Gasteiger partial charge in [-0.3, -0.25) is 0 Å². The van der Waals surface area contributed by atoms with Crippen molar-refractivity contribution in [3.8, 4) is 0 Å². The summed E-state index contributed by atoms with van der Waals surface area (Å²) in [7, 11) is -1.85. The van der Waals surface area contributed by atoms with Crippen molar-refractivity contribution in [2.45, 2.75) is 87.4 Å². The van der Waals surface area contributed by atoms with Crippen molar-refractivity contribution in [3.05, 3.63) is 0 Å². The first-order valence-corrected chi connectivity index (χ1v) is 14.2. The third-order valence-corrected chi connectivity index (χ3v) is 13.6. The Bertz CT molecular complexity index is 542. The molecule has 4 fully saturated rings. The van der Waals surface area contributed by atoms with Gasteiger partial charge in [0.05, 0.1) is 30.2 Å². The zero-order chi connectivity index (χ0) is 18.9. The lowest BCUT2D eigenvalue weighted by Crippen LogP contribution is -2.51. The van der Waals surface area contributed by atoms with E-state index >= 15 is 0 Å². The molecule has 0 aromatic heterocycles. The van der Waals surface area contributed by atoms with E-state index in [0.717, 1.165) is 19.3 Å². The quantitative estimate of drug-likeness (QED) is 0.506. The number of fused-ring (bicyclic) bond motifs is 4. The first-order chi connectivity index (χ1) is 12.1. The molecule has 7 atom stereocenters. The molecule has 4 rings (SSSR count). The van der Waals surface area contributed by atoms with Gasteiger partial charge in [-0.15, -0.1) is 0 Å². The lowest BCUT2D eigenvalue weighted by atomic mass is 9.74. The standard InChI is InChI=1S/C20H35BrO4Si/c1-19(2,3)26(4,5)25-14-8-6-7-12-16(14)18(22)13-11-15(21)20(17(12)13)23-9-10-24-20/h12-18,22H,6-11H2,1-5H3/t12?,13-,14?,15?,16?,17-,18?/m0/s1. The van der Waals surface area contributed by atoms with Crippen LogP contribution in [0.2, 0.25) is 18.1 Å². The van der Waals surface area contributed by atoms with E-state index in [-0.39, 0.29) is 33.9 Å². The van der Waals surface area contributed by atoms with Crippen LogP contribution in [0.3, 0.4) is 0 Å². The molecule has 1 N–H and O–H groups in total. The molecule has 0 aromatic carbocycles. The van der Waals surface area contributed by atoms with Crippen LogP contribution in [0.4, 0.5) is 0 Å². The van der Waals surface area contributed by atoms with Crippen molar-refractivity contribution >= 4 is 24.2 Å². The number of alkyl halides is 1. The minimum Gasteiger partial charge on any atom is -0.414 e. The van der Waals surface area contributed by atoms with Crippen LogP contribution < -0.4 is 0 Å². The predicted octanol–water partition coefficient (Wildman–Crippen LogP) is 4.31. The molecule has 1 saturated heterocycles. The minimum absolute atomic E-state index is 0.183. The summed E-state index contributed by atoms with van der Waals surface area (Å²) < 4.78 is 19.3. The van der Waals surface area contributed by atoms with E-state index in [9.17, 15) is 5.11 Å². The molecule has 1 heterocycles. The Kier molecular flexibility index (Phi) is 4.98. The Labute approximate surface area is 167 Å². The summed E-state index contributed by atoms with van der Waals surface area (Å²) in [6.45, 7) is 12.9.